The van der Waals surface area contributed by atoms with Crippen molar-refractivity contribution in [1.29, 1.82) is 0 Å². The zero-order valence-electron chi connectivity index (χ0n) is 21.8. The number of benzene rings is 1. The number of carbonyl (C=O) groups excluding carboxylic acids is 3. The summed E-state index contributed by atoms with van der Waals surface area (Å²) in [5.41, 5.74) is 5.60. The molecule has 7 nitrogen and oxygen atoms in total. The highest BCUT2D eigenvalue weighted by molar-refractivity contribution is 6.76. The van der Waals surface area contributed by atoms with Crippen molar-refractivity contribution in [2.75, 3.05) is 0 Å². The molecule has 1 amide bonds. The van der Waals surface area contributed by atoms with E-state index in [1.165, 1.54) is 0 Å². The largest absolute Gasteiger partial charge is 0.511 e. The number of phenolic OH excluding ortho intramolecular Hbond substituents is 1. The van der Waals surface area contributed by atoms with Crippen LogP contribution in [0.25, 0.3) is 5.76 Å². The zero-order valence-corrected chi connectivity index (χ0v) is 22.8. The summed E-state index contributed by atoms with van der Waals surface area (Å²) < 4.78 is 0. The number of rotatable bonds is 6. The molecule has 0 bridgehead atoms. The molecule has 1 fully saturated rings. The van der Waals surface area contributed by atoms with Crippen LogP contribution in [0, 0.1) is 16.7 Å². The second-order valence-electron chi connectivity index (χ2n) is 12.1. The van der Waals surface area contributed by atoms with E-state index in [4.69, 9.17) is 5.73 Å². The molecule has 3 aliphatic rings. The fourth-order valence-electron chi connectivity index (χ4n) is 6.84. The Hall–Kier alpha value is -2.87. The first-order valence-corrected chi connectivity index (χ1v) is 16.5. The molecular weight excluding hydrogens is 474 g/mol. The van der Waals surface area contributed by atoms with Crippen molar-refractivity contribution in [1.82, 2.24) is 0 Å². The van der Waals surface area contributed by atoms with Gasteiger partial charge in [-0.3, -0.25) is 14.4 Å². The van der Waals surface area contributed by atoms with Crippen molar-refractivity contribution in [2.24, 2.45) is 22.5 Å². The fraction of sp³-hybridized carbons (Fsp3) is 0.536. The maximum Gasteiger partial charge on any atom is 0.255 e. The first-order valence-electron chi connectivity index (χ1n) is 12.8. The van der Waals surface area contributed by atoms with Crippen LogP contribution in [-0.4, -0.2) is 40.9 Å². The maximum atomic E-state index is 14.1. The molecule has 0 saturated heterocycles. The van der Waals surface area contributed by atoms with Crippen molar-refractivity contribution < 1.29 is 29.7 Å². The van der Waals surface area contributed by atoms with Crippen LogP contribution in [0.15, 0.2) is 29.0 Å². The van der Waals surface area contributed by atoms with E-state index in [1.807, 2.05) is 19.9 Å². The number of hydrogen-bond donors (Lipinski definition) is 4. The van der Waals surface area contributed by atoms with Crippen LogP contribution in [0.1, 0.15) is 56.2 Å². The highest BCUT2D eigenvalue weighted by Crippen LogP contribution is 2.63. The number of ketones is 2. The highest BCUT2D eigenvalue weighted by Gasteiger charge is 2.62. The van der Waals surface area contributed by atoms with E-state index < -0.39 is 53.6 Å². The summed E-state index contributed by atoms with van der Waals surface area (Å²) in [5, 5.41) is 33.4. The second-order valence-corrected chi connectivity index (χ2v) is 17.7. The lowest BCUT2D eigenvalue weighted by Crippen LogP contribution is -2.55. The van der Waals surface area contributed by atoms with Crippen molar-refractivity contribution in [3.63, 3.8) is 0 Å². The SMILES string of the molecule is CC[C@@]12Cc3c(CC[Si](C)(C)C)ccc(O)c3C(O)=C1C(=O)C1C(O)=C(C(N)=O)C(=O)C[C@]1(CC)C2. The van der Waals surface area contributed by atoms with Crippen molar-refractivity contribution in [3.05, 3.63) is 45.7 Å². The number of Topliss-reactive ketones (excluding diaryl/α,β-unsaturated/α-hetero) is 2. The Morgan fingerprint density at radius 3 is 2.31 bits per heavy atom. The molecule has 0 heterocycles. The molecular formula is C28H37NO6Si. The summed E-state index contributed by atoms with van der Waals surface area (Å²) in [6, 6.07) is 4.53. The van der Waals surface area contributed by atoms with E-state index in [-0.39, 0.29) is 29.1 Å². The molecule has 1 saturated carbocycles. The van der Waals surface area contributed by atoms with E-state index >= 15 is 0 Å². The van der Waals surface area contributed by atoms with Gasteiger partial charge in [-0.25, -0.2) is 0 Å². The van der Waals surface area contributed by atoms with E-state index in [1.54, 1.807) is 6.07 Å². The van der Waals surface area contributed by atoms with Crippen molar-refractivity contribution in [3.8, 4) is 5.75 Å². The average molecular weight is 512 g/mol. The van der Waals surface area contributed by atoms with E-state index in [9.17, 15) is 29.7 Å². The lowest BCUT2D eigenvalue weighted by molar-refractivity contribution is -0.136. The summed E-state index contributed by atoms with van der Waals surface area (Å²) in [5.74, 6) is -4.17. The minimum atomic E-state index is -1.36. The average Bonchev–Trinajstić information content (AvgIpc) is 2.76. The summed E-state index contributed by atoms with van der Waals surface area (Å²) >= 11 is 0. The summed E-state index contributed by atoms with van der Waals surface area (Å²) in [7, 11) is -1.36. The molecule has 36 heavy (non-hydrogen) atoms. The Morgan fingerprint density at radius 2 is 1.75 bits per heavy atom. The number of primary amides is 1. The first-order chi connectivity index (χ1) is 16.7. The number of aryl methyl sites for hydroxylation is 1. The number of allylic oxidation sites excluding steroid dienone is 2. The molecule has 8 heteroatoms. The van der Waals surface area contributed by atoms with Gasteiger partial charge >= 0.3 is 0 Å². The molecule has 1 aromatic rings. The molecule has 194 valence electrons. The van der Waals surface area contributed by atoms with E-state index in [0.717, 1.165) is 23.6 Å². The van der Waals surface area contributed by atoms with Gasteiger partial charge in [-0.05, 0) is 54.7 Å². The number of carbonyl (C=O) groups is 3. The highest BCUT2D eigenvalue weighted by atomic mass is 28.3. The van der Waals surface area contributed by atoms with E-state index in [0.29, 0.717) is 25.7 Å². The summed E-state index contributed by atoms with van der Waals surface area (Å²) in [6.07, 6.45) is 2.59. The number of fused-ring (bicyclic) bond motifs is 3. The van der Waals surface area contributed by atoms with Gasteiger partial charge in [0.2, 0.25) is 0 Å². The normalized spacial score (nSPS) is 28.1. The Labute approximate surface area is 213 Å². The van der Waals surface area contributed by atoms with Gasteiger partial charge < -0.3 is 21.1 Å². The van der Waals surface area contributed by atoms with Crippen LogP contribution in [0.5, 0.6) is 5.75 Å². The molecule has 1 aromatic carbocycles. The van der Waals surface area contributed by atoms with Gasteiger partial charge in [0, 0.05) is 25.5 Å². The Morgan fingerprint density at radius 1 is 1.08 bits per heavy atom. The fourth-order valence-corrected chi connectivity index (χ4v) is 7.86. The molecule has 0 aliphatic heterocycles. The zero-order chi connectivity index (χ0) is 26.8. The quantitative estimate of drug-likeness (QED) is 0.321. The van der Waals surface area contributed by atoms with Crippen LogP contribution in [0.3, 0.4) is 0 Å². The van der Waals surface area contributed by atoms with Gasteiger partial charge in [0.05, 0.1) is 11.5 Å². The molecule has 0 aromatic heterocycles. The predicted octanol–water partition coefficient (Wildman–Crippen LogP) is 4.75. The van der Waals surface area contributed by atoms with Crippen LogP contribution < -0.4 is 5.73 Å². The smallest absolute Gasteiger partial charge is 0.255 e. The molecule has 5 N–H and O–H groups in total. The number of aliphatic hydroxyl groups is 2. The number of hydrogen-bond acceptors (Lipinski definition) is 6. The van der Waals surface area contributed by atoms with E-state index in [2.05, 4.69) is 19.6 Å². The Kier molecular flexibility index (Phi) is 6.27. The van der Waals surface area contributed by atoms with Gasteiger partial charge in [-0.1, -0.05) is 45.6 Å². The third kappa shape index (κ3) is 3.81. The summed E-state index contributed by atoms with van der Waals surface area (Å²) in [4.78, 5) is 39.0. The maximum absolute atomic E-state index is 14.1. The minimum Gasteiger partial charge on any atom is -0.511 e. The molecule has 3 aliphatic carbocycles. The summed E-state index contributed by atoms with van der Waals surface area (Å²) in [6.45, 7) is 10.8. The molecule has 4 rings (SSSR count). The third-order valence-corrected chi connectivity index (χ3v) is 10.6. The molecule has 0 spiro atoms. The van der Waals surface area contributed by atoms with Crippen molar-refractivity contribution >= 4 is 31.3 Å². The Balaban J connectivity index is 1.96. The van der Waals surface area contributed by atoms with Crippen LogP contribution in [0.4, 0.5) is 0 Å². The number of nitrogens with two attached hydrogens (primary N) is 1. The van der Waals surface area contributed by atoms with Gasteiger partial charge in [0.25, 0.3) is 5.91 Å². The number of aliphatic hydroxyl groups excluding tert-OH is 2. The van der Waals surface area contributed by atoms with Crippen LogP contribution >= 0.6 is 0 Å². The second kappa shape index (κ2) is 8.61. The number of aromatic hydroxyl groups is 1. The monoisotopic (exact) mass is 511 g/mol. The predicted molar refractivity (Wildman–Crippen MR) is 140 cm³/mol. The standard InChI is InChI=1S/C28H37NO6Si/c1-6-27-12-16-15(10-11-36(3,4)5)8-9-17(30)19(16)23(32)21(27)25(34)22-24(33)20(26(29)35)18(31)13-28(22,7-2)14-27/h8-9,22,30,32-33H,6-7,10-14H2,1-5H3,(H2,29,35)/t22?,27-,28+/m0/s1. The van der Waals surface area contributed by atoms with Crippen LogP contribution in [0.2, 0.25) is 25.7 Å². The lowest BCUT2D eigenvalue weighted by Gasteiger charge is -2.55. The van der Waals surface area contributed by atoms with Crippen LogP contribution in [-0.2, 0) is 27.2 Å². The third-order valence-electron chi connectivity index (χ3n) is 8.81. The topological polar surface area (TPSA) is 138 Å². The first kappa shape index (κ1) is 26.2. The van der Waals surface area contributed by atoms with Crippen molar-refractivity contribution in [2.45, 2.75) is 78.1 Å². The number of amides is 1. The Bertz CT molecular complexity index is 1240. The molecule has 1 unspecified atom stereocenters. The van der Waals surface area contributed by atoms with Gasteiger partial charge in [0.15, 0.2) is 11.6 Å². The lowest BCUT2D eigenvalue weighted by atomic mass is 9.47. The minimum absolute atomic E-state index is 0.0621. The van der Waals surface area contributed by atoms with Gasteiger partial charge in [-0.15, -0.1) is 0 Å². The van der Waals surface area contributed by atoms with Gasteiger partial charge in [-0.2, -0.15) is 0 Å². The number of phenols is 1. The van der Waals surface area contributed by atoms with Gasteiger partial charge in [0.1, 0.15) is 22.8 Å². The molecule has 0 radical (unpaired) electrons. The molecule has 3 atom stereocenters.